The molecule has 1 atom stereocenters. The van der Waals surface area contributed by atoms with Gasteiger partial charge in [0.15, 0.2) is 0 Å². The zero-order valence-corrected chi connectivity index (χ0v) is 17.5. The second-order valence-corrected chi connectivity index (χ2v) is 9.17. The molecule has 1 fully saturated rings. The average molecular weight is 422 g/mol. The number of nitrogens with one attached hydrogen (secondary N) is 2. The number of likely N-dealkylation sites (N-methyl/N-ethyl adjacent to an activating group) is 1. The number of rotatable bonds is 7. The molecule has 6 nitrogen and oxygen atoms in total. The highest BCUT2D eigenvalue weighted by Crippen LogP contribution is 2.29. The zero-order chi connectivity index (χ0) is 19.5. The fourth-order valence-corrected chi connectivity index (χ4v) is 5.24. The van der Waals surface area contributed by atoms with Crippen LogP contribution in [0.3, 0.4) is 0 Å². The Labute approximate surface area is 165 Å². The van der Waals surface area contributed by atoms with Crippen LogP contribution in [0.15, 0.2) is 17.0 Å². The molecule has 1 heterocycles. The summed E-state index contributed by atoms with van der Waals surface area (Å²) < 4.78 is 27.3. The standard InChI is InChI=1S/C17H25Cl2N3O3S/c1-4-22-7-5-6-12(22)10-20-17(23)13-8-16(15(19)9-14(13)18)26(24,25)21-11(2)3/h8-9,11-12,21H,4-7,10H2,1-3H3,(H,20,23). The van der Waals surface area contributed by atoms with Crippen LogP contribution >= 0.6 is 23.2 Å². The minimum atomic E-state index is -3.84. The van der Waals surface area contributed by atoms with E-state index in [1.54, 1.807) is 13.8 Å². The maximum absolute atomic E-state index is 12.6. The molecule has 0 bridgehead atoms. The van der Waals surface area contributed by atoms with Gasteiger partial charge in [-0.15, -0.1) is 0 Å². The highest BCUT2D eigenvalue weighted by atomic mass is 35.5. The van der Waals surface area contributed by atoms with Crippen molar-refractivity contribution >= 4 is 39.1 Å². The summed E-state index contributed by atoms with van der Waals surface area (Å²) in [4.78, 5) is 14.7. The van der Waals surface area contributed by atoms with E-state index in [0.717, 1.165) is 25.9 Å². The third-order valence-corrected chi connectivity index (χ3v) is 6.79. The van der Waals surface area contributed by atoms with E-state index in [-0.39, 0.29) is 26.5 Å². The number of hydrogen-bond donors (Lipinski definition) is 2. The molecular formula is C17H25Cl2N3O3S. The zero-order valence-electron chi connectivity index (χ0n) is 15.2. The number of likely N-dealkylation sites (tertiary alicyclic amines) is 1. The van der Waals surface area contributed by atoms with Crippen molar-refractivity contribution in [2.75, 3.05) is 19.6 Å². The fraction of sp³-hybridized carbons (Fsp3) is 0.588. The van der Waals surface area contributed by atoms with E-state index in [1.165, 1.54) is 12.1 Å². The summed E-state index contributed by atoms with van der Waals surface area (Å²) in [6.45, 7) is 7.96. The van der Waals surface area contributed by atoms with Gasteiger partial charge in [0.2, 0.25) is 10.0 Å². The highest BCUT2D eigenvalue weighted by Gasteiger charge is 2.26. The van der Waals surface area contributed by atoms with Crippen LogP contribution in [-0.4, -0.2) is 50.9 Å². The van der Waals surface area contributed by atoms with Gasteiger partial charge in [0, 0.05) is 18.6 Å². The predicted octanol–water partition coefficient (Wildman–Crippen LogP) is 2.89. The summed E-state index contributed by atoms with van der Waals surface area (Å²) in [5.74, 6) is -0.407. The molecule has 1 saturated heterocycles. The molecule has 1 aliphatic rings. The predicted molar refractivity (Wildman–Crippen MR) is 105 cm³/mol. The number of carbonyl (C=O) groups excluding carboxylic acids is 1. The summed E-state index contributed by atoms with van der Waals surface area (Å²) in [6, 6.07) is 2.52. The van der Waals surface area contributed by atoms with Crippen LogP contribution in [-0.2, 0) is 10.0 Å². The Morgan fingerprint density at radius 3 is 2.62 bits per heavy atom. The summed E-state index contributed by atoms with van der Waals surface area (Å²) in [5, 5.41) is 2.96. The number of halogens is 2. The molecule has 146 valence electrons. The maximum atomic E-state index is 12.6. The van der Waals surface area contributed by atoms with Gasteiger partial charge in [0.1, 0.15) is 4.90 Å². The molecule has 1 amide bonds. The Bertz CT molecular complexity index is 769. The van der Waals surface area contributed by atoms with Crippen molar-refractivity contribution in [2.24, 2.45) is 0 Å². The lowest BCUT2D eigenvalue weighted by Crippen LogP contribution is -2.40. The Morgan fingerprint density at radius 1 is 1.31 bits per heavy atom. The van der Waals surface area contributed by atoms with Crippen LogP contribution in [0, 0.1) is 0 Å². The molecule has 26 heavy (non-hydrogen) atoms. The Kier molecular flexibility index (Phi) is 7.33. The monoisotopic (exact) mass is 421 g/mol. The summed E-state index contributed by atoms with van der Waals surface area (Å²) in [5.41, 5.74) is 0.0984. The number of benzene rings is 1. The van der Waals surface area contributed by atoms with E-state index in [4.69, 9.17) is 23.2 Å². The van der Waals surface area contributed by atoms with Crippen molar-refractivity contribution in [3.8, 4) is 0 Å². The van der Waals surface area contributed by atoms with Crippen molar-refractivity contribution in [2.45, 2.75) is 50.6 Å². The van der Waals surface area contributed by atoms with Gasteiger partial charge < -0.3 is 5.32 Å². The molecule has 0 spiro atoms. The first-order valence-corrected chi connectivity index (χ1v) is 10.9. The number of sulfonamides is 1. The number of hydrogen-bond acceptors (Lipinski definition) is 4. The average Bonchev–Trinajstić information content (AvgIpc) is 2.98. The first-order valence-electron chi connectivity index (χ1n) is 8.69. The van der Waals surface area contributed by atoms with Crippen LogP contribution in [0.1, 0.15) is 44.0 Å². The minimum Gasteiger partial charge on any atom is -0.350 e. The summed E-state index contributed by atoms with van der Waals surface area (Å²) in [7, 11) is -3.84. The largest absolute Gasteiger partial charge is 0.350 e. The van der Waals surface area contributed by atoms with Gasteiger partial charge in [-0.25, -0.2) is 13.1 Å². The van der Waals surface area contributed by atoms with E-state index < -0.39 is 15.9 Å². The fourth-order valence-electron chi connectivity index (χ4n) is 3.13. The van der Waals surface area contributed by atoms with Crippen molar-refractivity contribution in [1.29, 1.82) is 0 Å². The van der Waals surface area contributed by atoms with Gasteiger partial charge in [0.25, 0.3) is 5.91 Å². The molecule has 0 aromatic heterocycles. The van der Waals surface area contributed by atoms with Crippen LogP contribution < -0.4 is 10.0 Å². The molecule has 1 aromatic carbocycles. The molecule has 2 N–H and O–H groups in total. The first-order chi connectivity index (χ1) is 12.2. The Balaban J connectivity index is 2.20. The quantitative estimate of drug-likeness (QED) is 0.709. The van der Waals surface area contributed by atoms with E-state index in [1.807, 2.05) is 0 Å². The first kappa shape index (κ1) is 21.4. The molecule has 0 aliphatic carbocycles. The summed E-state index contributed by atoms with van der Waals surface area (Å²) in [6.07, 6.45) is 2.14. The van der Waals surface area contributed by atoms with Crippen molar-refractivity contribution in [3.05, 3.63) is 27.7 Å². The second-order valence-electron chi connectivity index (χ2n) is 6.67. The van der Waals surface area contributed by atoms with Crippen LogP contribution in [0.5, 0.6) is 0 Å². The lowest BCUT2D eigenvalue weighted by atomic mass is 10.2. The number of amides is 1. The van der Waals surface area contributed by atoms with Gasteiger partial charge in [-0.3, -0.25) is 9.69 Å². The SMILES string of the molecule is CCN1CCCC1CNC(=O)c1cc(S(=O)(=O)NC(C)C)c(Cl)cc1Cl. The molecule has 1 unspecified atom stereocenters. The lowest BCUT2D eigenvalue weighted by molar-refractivity contribution is 0.0941. The lowest BCUT2D eigenvalue weighted by Gasteiger charge is -2.23. The van der Waals surface area contributed by atoms with E-state index >= 15 is 0 Å². The van der Waals surface area contributed by atoms with Crippen molar-refractivity contribution in [3.63, 3.8) is 0 Å². The third kappa shape index (κ3) is 5.10. The van der Waals surface area contributed by atoms with Gasteiger partial charge in [-0.05, 0) is 51.9 Å². The van der Waals surface area contributed by atoms with E-state index in [2.05, 4.69) is 21.9 Å². The molecule has 2 rings (SSSR count). The normalized spacial score (nSPS) is 18.5. The highest BCUT2D eigenvalue weighted by molar-refractivity contribution is 7.89. The molecular weight excluding hydrogens is 397 g/mol. The van der Waals surface area contributed by atoms with Crippen molar-refractivity contribution < 1.29 is 13.2 Å². The third-order valence-electron chi connectivity index (χ3n) is 4.35. The molecule has 1 aromatic rings. The molecule has 1 aliphatic heterocycles. The Hall–Kier alpha value is -0.860. The number of carbonyl (C=O) groups is 1. The van der Waals surface area contributed by atoms with E-state index in [9.17, 15) is 13.2 Å². The van der Waals surface area contributed by atoms with Gasteiger partial charge >= 0.3 is 0 Å². The van der Waals surface area contributed by atoms with Crippen LogP contribution in [0.2, 0.25) is 10.0 Å². The van der Waals surface area contributed by atoms with Gasteiger partial charge in [-0.1, -0.05) is 30.1 Å². The molecule has 9 heteroatoms. The minimum absolute atomic E-state index is 0.0207. The smallest absolute Gasteiger partial charge is 0.252 e. The van der Waals surface area contributed by atoms with E-state index in [0.29, 0.717) is 12.6 Å². The van der Waals surface area contributed by atoms with Crippen LogP contribution in [0.4, 0.5) is 0 Å². The van der Waals surface area contributed by atoms with Crippen LogP contribution in [0.25, 0.3) is 0 Å². The topological polar surface area (TPSA) is 78.5 Å². The van der Waals surface area contributed by atoms with Crippen molar-refractivity contribution in [1.82, 2.24) is 14.9 Å². The molecule has 0 radical (unpaired) electrons. The van der Waals surface area contributed by atoms with Gasteiger partial charge in [-0.2, -0.15) is 0 Å². The molecule has 0 saturated carbocycles. The number of nitrogens with zero attached hydrogens (tertiary/aromatic N) is 1. The summed E-state index contributed by atoms with van der Waals surface area (Å²) >= 11 is 12.2. The second kappa shape index (κ2) is 8.89. The van der Waals surface area contributed by atoms with Gasteiger partial charge in [0.05, 0.1) is 15.6 Å². The maximum Gasteiger partial charge on any atom is 0.252 e. The Morgan fingerprint density at radius 2 is 2.00 bits per heavy atom.